The maximum absolute atomic E-state index is 12.7. The van der Waals surface area contributed by atoms with Gasteiger partial charge in [-0.05, 0) is 36.2 Å². The SMILES string of the molecule is CCCCN(Cc1ccc(C(F)(F)F)cc1)C(=O)COc1ccccc1. The van der Waals surface area contributed by atoms with Gasteiger partial charge in [-0.2, -0.15) is 13.2 Å². The van der Waals surface area contributed by atoms with E-state index in [1.165, 1.54) is 12.1 Å². The van der Waals surface area contributed by atoms with Crippen LogP contribution in [0.1, 0.15) is 30.9 Å². The highest BCUT2D eigenvalue weighted by Crippen LogP contribution is 2.29. The summed E-state index contributed by atoms with van der Waals surface area (Å²) in [6.07, 6.45) is -2.63. The monoisotopic (exact) mass is 365 g/mol. The molecular formula is C20H22F3NO2. The molecule has 0 aliphatic rings. The molecule has 26 heavy (non-hydrogen) atoms. The molecule has 0 saturated heterocycles. The van der Waals surface area contributed by atoms with Crippen LogP contribution in [0.5, 0.6) is 5.75 Å². The van der Waals surface area contributed by atoms with E-state index in [1.807, 2.05) is 25.1 Å². The van der Waals surface area contributed by atoms with Gasteiger partial charge in [0.25, 0.3) is 5.91 Å². The molecule has 2 aromatic rings. The van der Waals surface area contributed by atoms with Crippen LogP contribution in [0.15, 0.2) is 54.6 Å². The fourth-order valence-electron chi connectivity index (χ4n) is 2.41. The maximum Gasteiger partial charge on any atom is 0.416 e. The van der Waals surface area contributed by atoms with E-state index in [4.69, 9.17) is 4.74 Å². The van der Waals surface area contributed by atoms with Gasteiger partial charge in [-0.1, -0.05) is 43.7 Å². The molecule has 0 unspecified atom stereocenters. The van der Waals surface area contributed by atoms with Crippen molar-refractivity contribution in [3.05, 3.63) is 65.7 Å². The van der Waals surface area contributed by atoms with E-state index < -0.39 is 11.7 Å². The van der Waals surface area contributed by atoms with E-state index in [9.17, 15) is 18.0 Å². The molecule has 140 valence electrons. The summed E-state index contributed by atoms with van der Waals surface area (Å²) in [6.45, 7) is 2.71. The summed E-state index contributed by atoms with van der Waals surface area (Å²) >= 11 is 0. The maximum atomic E-state index is 12.7. The van der Waals surface area contributed by atoms with Crippen LogP contribution in [0.4, 0.5) is 13.2 Å². The number of halogens is 3. The summed E-state index contributed by atoms with van der Waals surface area (Å²) in [5.74, 6) is 0.410. The lowest BCUT2D eigenvalue weighted by Crippen LogP contribution is -2.35. The number of amides is 1. The first-order valence-corrected chi connectivity index (χ1v) is 8.52. The number of para-hydroxylation sites is 1. The summed E-state index contributed by atoms with van der Waals surface area (Å²) in [5.41, 5.74) is -0.0396. The number of ether oxygens (including phenoxy) is 1. The van der Waals surface area contributed by atoms with Crippen molar-refractivity contribution in [1.29, 1.82) is 0 Å². The lowest BCUT2D eigenvalue weighted by atomic mass is 10.1. The van der Waals surface area contributed by atoms with Crippen LogP contribution in [-0.2, 0) is 17.5 Å². The molecule has 0 N–H and O–H groups in total. The lowest BCUT2D eigenvalue weighted by Gasteiger charge is -2.23. The zero-order chi connectivity index (χ0) is 19.0. The minimum atomic E-state index is -4.36. The van der Waals surface area contributed by atoms with Gasteiger partial charge in [0, 0.05) is 13.1 Å². The Labute approximate surface area is 151 Å². The van der Waals surface area contributed by atoms with Crippen LogP contribution in [0.2, 0.25) is 0 Å². The van der Waals surface area contributed by atoms with Gasteiger partial charge in [0.05, 0.1) is 5.56 Å². The number of hydrogen-bond donors (Lipinski definition) is 0. The van der Waals surface area contributed by atoms with Crippen LogP contribution < -0.4 is 4.74 Å². The van der Waals surface area contributed by atoms with Crippen LogP contribution in [-0.4, -0.2) is 24.0 Å². The minimum Gasteiger partial charge on any atom is -0.484 e. The average molecular weight is 365 g/mol. The Kier molecular flexibility index (Phi) is 7.06. The highest BCUT2D eigenvalue weighted by atomic mass is 19.4. The third kappa shape index (κ3) is 6.10. The molecule has 0 atom stereocenters. The molecule has 0 fully saturated rings. The molecule has 0 bridgehead atoms. The quantitative estimate of drug-likeness (QED) is 0.665. The van der Waals surface area contributed by atoms with Crippen LogP contribution in [0.25, 0.3) is 0 Å². The molecule has 0 heterocycles. The lowest BCUT2D eigenvalue weighted by molar-refractivity contribution is -0.137. The third-order valence-corrected chi connectivity index (χ3v) is 3.89. The van der Waals surface area contributed by atoms with E-state index in [-0.39, 0.29) is 19.1 Å². The summed E-state index contributed by atoms with van der Waals surface area (Å²) in [7, 11) is 0. The first-order valence-electron chi connectivity index (χ1n) is 8.52. The molecule has 0 radical (unpaired) electrons. The van der Waals surface area contributed by atoms with Crippen LogP contribution in [0, 0.1) is 0 Å². The molecule has 2 aromatic carbocycles. The summed E-state index contributed by atoms with van der Waals surface area (Å²) < 4.78 is 43.5. The van der Waals surface area contributed by atoms with Crippen molar-refractivity contribution in [2.75, 3.05) is 13.2 Å². The minimum absolute atomic E-state index is 0.103. The fraction of sp³-hybridized carbons (Fsp3) is 0.350. The first kappa shape index (κ1) is 19.8. The fourth-order valence-corrected chi connectivity index (χ4v) is 2.41. The van der Waals surface area contributed by atoms with Crippen molar-refractivity contribution < 1.29 is 22.7 Å². The standard InChI is InChI=1S/C20H22F3NO2/c1-2-3-13-24(19(25)15-26-18-7-5-4-6-8-18)14-16-9-11-17(12-10-16)20(21,22)23/h4-12H,2-3,13-15H2,1H3. The zero-order valence-corrected chi connectivity index (χ0v) is 14.6. The zero-order valence-electron chi connectivity index (χ0n) is 14.6. The Morgan fingerprint density at radius 3 is 2.27 bits per heavy atom. The Morgan fingerprint density at radius 1 is 1.04 bits per heavy atom. The summed E-state index contributed by atoms with van der Waals surface area (Å²) in [6, 6.07) is 13.9. The first-order chi connectivity index (χ1) is 12.4. The molecule has 1 amide bonds. The summed E-state index contributed by atoms with van der Waals surface area (Å²) in [5, 5.41) is 0. The second-order valence-electron chi connectivity index (χ2n) is 5.97. The smallest absolute Gasteiger partial charge is 0.416 e. The molecule has 3 nitrogen and oxygen atoms in total. The second kappa shape index (κ2) is 9.27. The predicted molar refractivity (Wildman–Crippen MR) is 93.7 cm³/mol. The highest BCUT2D eigenvalue weighted by Gasteiger charge is 2.30. The average Bonchev–Trinajstić information content (AvgIpc) is 2.63. The number of unbranched alkanes of at least 4 members (excludes halogenated alkanes) is 1. The Balaban J connectivity index is 2.00. The molecule has 6 heteroatoms. The molecular weight excluding hydrogens is 343 g/mol. The number of rotatable bonds is 8. The van der Waals surface area contributed by atoms with Gasteiger partial charge in [0.1, 0.15) is 5.75 Å². The van der Waals surface area contributed by atoms with E-state index in [0.29, 0.717) is 17.9 Å². The largest absolute Gasteiger partial charge is 0.484 e. The second-order valence-corrected chi connectivity index (χ2v) is 5.97. The number of benzene rings is 2. The van der Waals surface area contributed by atoms with Crippen molar-refractivity contribution >= 4 is 5.91 Å². The van der Waals surface area contributed by atoms with Crippen molar-refractivity contribution in [3.8, 4) is 5.75 Å². The number of hydrogen-bond acceptors (Lipinski definition) is 2. The molecule has 0 aliphatic heterocycles. The van der Waals surface area contributed by atoms with Crippen molar-refractivity contribution in [2.24, 2.45) is 0 Å². The van der Waals surface area contributed by atoms with E-state index in [2.05, 4.69) is 0 Å². The van der Waals surface area contributed by atoms with Crippen LogP contribution in [0.3, 0.4) is 0 Å². The van der Waals surface area contributed by atoms with Crippen molar-refractivity contribution in [3.63, 3.8) is 0 Å². The molecule has 0 aliphatic carbocycles. The van der Waals surface area contributed by atoms with E-state index in [0.717, 1.165) is 25.0 Å². The normalized spacial score (nSPS) is 11.2. The Bertz CT molecular complexity index is 684. The Hall–Kier alpha value is -2.50. The van der Waals surface area contributed by atoms with Gasteiger partial charge in [-0.3, -0.25) is 4.79 Å². The van der Waals surface area contributed by atoms with Gasteiger partial charge < -0.3 is 9.64 Å². The number of carbonyl (C=O) groups excluding carboxylic acids is 1. The van der Waals surface area contributed by atoms with Gasteiger partial charge >= 0.3 is 6.18 Å². The van der Waals surface area contributed by atoms with Gasteiger partial charge in [0.15, 0.2) is 6.61 Å². The van der Waals surface area contributed by atoms with Gasteiger partial charge in [0.2, 0.25) is 0 Å². The van der Waals surface area contributed by atoms with E-state index in [1.54, 1.807) is 17.0 Å². The molecule has 0 saturated carbocycles. The predicted octanol–water partition coefficient (Wildman–Crippen LogP) is 4.91. The summed E-state index contributed by atoms with van der Waals surface area (Å²) in [4.78, 5) is 14.1. The topological polar surface area (TPSA) is 29.5 Å². The van der Waals surface area contributed by atoms with Gasteiger partial charge in [-0.25, -0.2) is 0 Å². The van der Waals surface area contributed by atoms with Crippen LogP contribution >= 0.6 is 0 Å². The number of carbonyl (C=O) groups is 1. The molecule has 0 spiro atoms. The van der Waals surface area contributed by atoms with Crippen molar-refractivity contribution in [2.45, 2.75) is 32.5 Å². The number of nitrogens with zero attached hydrogens (tertiary/aromatic N) is 1. The highest BCUT2D eigenvalue weighted by molar-refractivity contribution is 5.77. The number of alkyl halides is 3. The third-order valence-electron chi connectivity index (χ3n) is 3.89. The van der Waals surface area contributed by atoms with Gasteiger partial charge in [-0.15, -0.1) is 0 Å². The van der Waals surface area contributed by atoms with Crippen molar-refractivity contribution in [1.82, 2.24) is 4.90 Å². The van der Waals surface area contributed by atoms with E-state index >= 15 is 0 Å². The molecule has 0 aromatic heterocycles. The Morgan fingerprint density at radius 2 is 1.69 bits per heavy atom. The molecule has 2 rings (SSSR count).